The van der Waals surface area contributed by atoms with E-state index in [1.807, 2.05) is 36.9 Å². The minimum Gasteiger partial charge on any atom is -0.330 e. The smallest absolute Gasteiger partial charge is 0.255 e. The van der Waals surface area contributed by atoms with Crippen molar-refractivity contribution >= 4 is 5.91 Å². The van der Waals surface area contributed by atoms with Gasteiger partial charge in [0.05, 0.1) is 0 Å². The summed E-state index contributed by atoms with van der Waals surface area (Å²) in [5, 5.41) is 0. The van der Waals surface area contributed by atoms with E-state index in [2.05, 4.69) is 74.2 Å². The topological polar surface area (TPSA) is 23.6 Å². The molecule has 5 rings (SSSR count). The third kappa shape index (κ3) is 8.57. The zero-order valence-corrected chi connectivity index (χ0v) is 23.7. The first-order valence-electron chi connectivity index (χ1n) is 14.2. The Hall–Kier alpha value is -2.91. The summed E-state index contributed by atoms with van der Waals surface area (Å²) in [6, 6.07) is 23.3. The number of carbonyl (C=O) groups excluding carboxylic acids is 1. The number of likely N-dealkylation sites (tertiary alicyclic amines) is 1. The Kier molecular flexibility index (Phi) is 11.4. The number of carbonyl (C=O) groups is 1. The third-order valence-corrected chi connectivity index (χ3v) is 7.16. The van der Waals surface area contributed by atoms with Gasteiger partial charge < -0.3 is 9.80 Å². The standard InChI is InChI=1S/C25H32N2O.C7H8.C2H6/c1-19-8-10-21(11-9-19)17-27-18-23-16-22(15-20(2)24(23)25(27)28)7-6-14-26-12-4-3-5-13-26;1-7-5-3-2-4-6-7;1-2/h8-11,15-16H,3-7,12-14,17-18H2,1-2H3;2-6H,1H3;1-2H3. The monoisotopic (exact) mass is 498 g/mol. The van der Waals surface area contributed by atoms with Crippen LogP contribution in [0.1, 0.15) is 83.3 Å². The lowest BCUT2D eigenvalue weighted by molar-refractivity contribution is 0.0766. The lowest BCUT2D eigenvalue weighted by Crippen LogP contribution is -2.30. The van der Waals surface area contributed by atoms with Crippen LogP contribution in [0.25, 0.3) is 0 Å². The molecule has 0 atom stereocenters. The minimum atomic E-state index is 0.188. The summed E-state index contributed by atoms with van der Waals surface area (Å²) in [4.78, 5) is 17.5. The quantitative estimate of drug-likeness (QED) is 0.345. The van der Waals surface area contributed by atoms with Crippen molar-refractivity contribution < 1.29 is 4.79 Å². The number of hydrogen-bond acceptors (Lipinski definition) is 2. The average molecular weight is 499 g/mol. The summed E-state index contributed by atoms with van der Waals surface area (Å²) in [5.41, 5.74) is 8.45. The second kappa shape index (κ2) is 14.7. The maximum absolute atomic E-state index is 12.9. The summed E-state index contributed by atoms with van der Waals surface area (Å²) in [6.45, 7) is 15.4. The highest BCUT2D eigenvalue weighted by Gasteiger charge is 2.29. The molecule has 0 spiro atoms. The average Bonchev–Trinajstić information content (AvgIpc) is 3.23. The van der Waals surface area contributed by atoms with Gasteiger partial charge in [-0.2, -0.15) is 0 Å². The number of hydrogen-bond donors (Lipinski definition) is 0. The van der Waals surface area contributed by atoms with E-state index in [0.29, 0.717) is 6.54 Å². The predicted octanol–water partition coefficient (Wildman–Crippen LogP) is 7.90. The van der Waals surface area contributed by atoms with Crippen LogP contribution < -0.4 is 0 Å². The molecule has 0 aromatic heterocycles. The molecule has 1 saturated heterocycles. The number of rotatable bonds is 6. The summed E-state index contributed by atoms with van der Waals surface area (Å²) in [6.07, 6.45) is 6.43. The number of nitrogens with zero attached hydrogens (tertiary/aromatic N) is 2. The van der Waals surface area contributed by atoms with Crippen molar-refractivity contribution in [3.8, 4) is 0 Å². The first-order chi connectivity index (χ1) is 18.0. The highest BCUT2D eigenvalue weighted by molar-refractivity contribution is 5.99. The Labute approximate surface area is 225 Å². The summed E-state index contributed by atoms with van der Waals surface area (Å²) < 4.78 is 0. The molecule has 0 radical (unpaired) electrons. The van der Waals surface area contributed by atoms with E-state index < -0.39 is 0 Å². The molecule has 1 amide bonds. The molecule has 3 heteroatoms. The van der Waals surface area contributed by atoms with Crippen LogP contribution >= 0.6 is 0 Å². The van der Waals surface area contributed by atoms with E-state index in [-0.39, 0.29) is 5.91 Å². The zero-order valence-electron chi connectivity index (χ0n) is 23.7. The van der Waals surface area contributed by atoms with Gasteiger partial charge in [0.2, 0.25) is 0 Å². The Morgan fingerprint density at radius 2 is 1.41 bits per heavy atom. The molecular formula is C34H46N2O. The molecule has 3 nitrogen and oxygen atoms in total. The van der Waals surface area contributed by atoms with Crippen molar-refractivity contribution in [2.75, 3.05) is 19.6 Å². The van der Waals surface area contributed by atoms with Crippen LogP contribution in [0.2, 0.25) is 0 Å². The lowest BCUT2D eigenvalue weighted by atomic mass is 9.98. The van der Waals surface area contributed by atoms with Gasteiger partial charge in [-0.05, 0) is 88.3 Å². The SMILES string of the molecule is CC.Cc1ccc(CN2Cc3cc(CCCN4CCCCC4)cc(C)c3C2=O)cc1.Cc1ccccc1. The molecule has 0 N–H and O–H groups in total. The molecule has 37 heavy (non-hydrogen) atoms. The maximum atomic E-state index is 12.9. The fourth-order valence-electron chi connectivity index (χ4n) is 5.22. The van der Waals surface area contributed by atoms with E-state index in [1.54, 1.807) is 0 Å². The van der Waals surface area contributed by atoms with Gasteiger partial charge in [-0.1, -0.05) is 98.1 Å². The second-order valence-electron chi connectivity index (χ2n) is 10.3. The normalized spacial score (nSPS) is 14.8. The van der Waals surface area contributed by atoms with Crippen molar-refractivity contribution in [1.82, 2.24) is 9.80 Å². The fourth-order valence-corrected chi connectivity index (χ4v) is 5.22. The van der Waals surface area contributed by atoms with E-state index in [4.69, 9.17) is 0 Å². The molecule has 1 fully saturated rings. The number of aryl methyl sites for hydroxylation is 4. The van der Waals surface area contributed by atoms with Gasteiger partial charge in [-0.15, -0.1) is 0 Å². The molecule has 0 unspecified atom stereocenters. The highest BCUT2D eigenvalue weighted by Crippen LogP contribution is 2.29. The Bertz CT molecular complexity index is 1100. The van der Waals surface area contributed by atoms with Crippen LogP contribution in [0.4, 0.5) is 0 Å². The fraction of sp³-hybridized carbons (Fsp3) is 0.441. The molecular weight excluding hydrogens is 452 g/mol. The summed E-state index contributed by atoms with van der Waals surface area (Å²) in [7, 11) is 0. The molecule has 198 valence electrons. The molecule has 2 heterocycles. The number of fused-ring (bicyclic) bond motifs is 1. The second-order valence-corrected chi connectivity index (χ2v) is 10.3. The summed E-state index contributed by atoms with van der Waals surface area (Å²) >= 11 is 0. The van der Waals surface area contributed by atoms with Crippen molar-refractivity contribution in [2.24, 2.45) is 0 Å². The number of piperidine rings is 1. The van der Waals surface area contributed by atoms with Crippen LogP contribution in [-0.2, 0) is 19.5 Å². The highest BCUT2D eigenvalue weighted by atomic mass is 16.2. The summed E-state index contributed by atoms with van der Waals surface area (Å²) in [5.74, 6) is 0.188. The van der Waals surface area contributed by atoms with Gasteiger partial charge in [-0.25, -0.2) is 0 Å². The molecule has 3 aromatic rings. The van der Waals surface area contributed by atoms with E-state index in [9.17, 15) is 4.79 Å². The van der Waals surface area contributed by atoms with Gasteiger partial charge in [0.15, 0.2) is 0 Å². The number of amides is 1. The first kappa shape index (κ1) is 28.7. The van der Waals surface area contributed by atoms with Crippen molar-refractivity contribution in [3.05, 3.63) is 106 Å². The van der Waals surface area contributed by atoms with Crippen LogP contribution in [-0.4, -0.2) is 35.3 Å². The molecule has 0 bridgehead atoms. The van der Waals surface area contributed by atoms with Crippen LogP contribution in [0, 0.1) is 20.8 Å². The van der Waals surface area contributed by atoms with Crippen LogP contribution in [0.15, 0.2) is 66.7 Å². The predicted molar refractivity (Wildman–Crippen MR) is 157 cm³/mol. The Morgan fingerprint density at radius 1 is 0.757 bits per heavy atom. The third-order valence-electron chi connectivity index (χ3n) is 7.16. The number of benzene rings is 3. The van der Waals surface area contributed by atoms with Crippen molar-refractivity contribution in [1.29, 1.82) is 0 Å². The molecule has 2 aliphatic rings. The van der Waals surface area contributed by atoms with Gasteiger partial charge in [0.25, 0.3) is 5.91 Å². The van der Waals surface area contributed by atoms with Gasteiger partial charge >= 0.3 is 0 Å². The largest absolute Gasteiger partial charge is 0.330 e. The van der Waals surface area contributed by atoms with Crippen LogP contribution in [0.5, 0.6) is 0 Å². The van der Waals surface area contributed by atoms with E-state index >= 15 is 0 Å². The molecule has 3 aromatic carbocycles. The first-order valence-corrected chi connectivity index (χ1v) is 14.2. The van der Waals surface area contributed by atoms with Gasteiger partial charge in [0.1, 0.15) is 0 Å². The van der Waals surface area contributed by atoms with Crippen molar-refractivity contribution in [3.63, 3.8) is 0 Å². The molecule has 0 aliphatic carbocycles. The van der Waals surface area contributed by atoms with Crippen LogP contribution in [0.3, 0.4) is 0 Å². The lowest BCUT2D eigenvalue weighted by Gasteiger charge is -2.26. The van der Waals surface area contributed by atoms with Gasteiger partial charge in [-0.3, -0.25) is 4.79 Å². The zero-order chi connectivity index (χ0) is 26.6. The van der Waals surface area contributed by atoms with Crippen molar-refractivity contribution in [2.45, 2.75) is 79.8 Å². The maximum Gasteiger partial charge on any atom is 0.255 e. The van der Waals surface area contributed by atoms with E-state index in [1.165, 1.54) is 73.1 Å². The Morgan fingerprint density at radius 3 is 2.03 bits per heavy atom. The molecule has 0 saturated carbocycles. The minimum absolute atomic E-state index is 0.188. The Balaban J connectivity index is 0.000000361. The molecule has 2 aliphatic heterocycles. The van der Waals surface area contributed by atoms with Gasteiger partial charge in [0, 0.05) is 18.7 Å². The van der Waals surface area contributed by atoms with E-state index in [0.717, 1.165) is 24.1 Å².